The molecule has 0 bridgehead atoms. The van der Waals surface area contributed by atoms with E-state index >= 15 is 0 Å². The number of amides is 1. The number of para-hydroxylation sites is 1. The van der Waals surface area contributed by atoms with Crippen LogP contribution in [0.15, 0.2) is 48.5 Å². The summed E-state index contributed by atoms with van der Waals surface area (Å²) in [6.45, 7) is 0. The van der Waals surface area contributed by atoms with Crippen LogP contribution >= 0.6 is 11.6 Å². The van der Waals surface area contributed by atoms with Gasteiger partial charge in [0.25, 0.3) is 0 Å². The average molecular weight is 288 g/mol. The Morgan fingerprint density at radius 1 is 1.15 bits per heavy atom. The van der Waals surface area contributed by atoms with Gasteiger partial charge in [0, 0.05) is 10.7 Å². The SMILES string of the molecule is O=C1Nc2ccccc2C1CC(O)c1ccc(Cl)cc1. The minimum Gasteiger partial charge on any atom is -0.388 e. The van der Waals surface area contributed by atoms with Crippen LogP contribution in [-0.4, -0.2) is 11.0 Å². The van der Waals surface area contributed by atoms with Gasteiger partial charge in [-0.15, -0.1) is 0 Å². The van der Waals surface area contributed by atoms with E-state index < -0.39 is 6.10 Å². The smallest absolute Gasteiger partial charge is 0.232 e. The van der Waals surface area contributed by atoms with E-state index in [0.29, 0.717) is 11.4 Å². The van der Waals surface area contributed by atoms with E-state index in [2.05, 4.69) is 5.32 Å². The molecule has 1 aliphatic heterocycles. The van der Waals surface area contributed by atoms with Crippen LogP contribution in [0.3, 0.4) is 0 Å². The highest BCUT2D eigenvalue weighted by molar-refractivity contribution is 6.30. The topological polar surface area (TPSA) is 49.3 Å². The predicted octanol–water partition coefficient (Wildman–Crippen LogP) is 3.50. The number of carbonyl (C=O) groups is 1. The molecule has 0 aliphatic carbocycles. The Morgan fingerprint density at radius 2 is 1.85 bits per heavy atom. The molecule has 0 aromatic heterocycles. The molecule has 2 aromatic rings. The molecule has 20 heavy (non-hydrogen) atoms. The van der Waals surface area contributed by atoms with E-state index in [1.54, 1.807) is 24.3 Å². The van der Waals surface area contributed by atoms with Crippen molar-refractivity contribution in [1.82, 2.24) is 0 Å². The van der Waals surface area contributed by atoms with E-state index in [-0.39, 0.29) is 11.8 Å². The minimum absolute atomic E-state index is 0.0563. The molecule has 0 radical (unpaired) electrons. The lowest BCUT2D eigenvalue weighted by Crippen LogP contribution is -2.15. The molecular formula is C16H14ClNO2. The van der Waals surface area contributed by atoms with Crippen molar-refractivity contribution in [2.75, 3.05) is 5.32 Å². The first-order valence-electron chi connectivity index (χ1n) is 6.48. The van der Waals surface area contributed by atoms with Crippen molar-refractivity contribution in [2.24, 2.45) is 0 Å². The molecule has 2 atom stereocenters. The zero-order valence-corrected chi connectivity index (χ0v) is 11.5. The Bertz CT molecular complexity index is 639. The average Bonchev–Trinajstić information content (AvgIpc) is 2.76. The van der Waals surface area contributed by atoms with Crippen LogP contribution in [0.4, 0.5) is 5.69 Å². The Balaban J connectivity index is 1.81. The second-order valence-corrected chi connectivity index (χ2v) is 5.37. The number of aliphatic hydroxyl groups is 1. The number of anilines is 1. The van der Waals surface area contributed by atoms with Crippen molar-refractivity contribution < 1.29 is 9.90 Å². The van der Waals surface area contributed by atoms with E-state index in [1.165, 1.54) is 0 Å². The number of benzene rings is 2. The van der Waals surface area contributed by atoms with Crippen molar-refractivity contribution in [1.29, 1.82) is 0 Å². The zero-order chi connectivity index (χ0) is 14.1. The zero-order valence-electron chi connectivity index (χ0n) is 10.7. The van der Waals surface area contributed by atoms with Crippen LogP contribution in [0.25, 0.3) is 0 Å². The Kier molecular flexibility index (Phi) is 3.47. The van der Waals surface area contributed by atoms with Gasteiger partial charge in [0.15, 0.2) is 0 Å². The molecule has 0 fully saturated rings. The predicted molar refractivity (Wildman–Crippen MR) is 78.8 cm³/mol. The summed E-state index contributed by atoms with van der Waals surface area (Å²) in [4.78, 5) is 12.0. The van der Waals surface area contributed by atoms with Gasteiger partial charge in [0.2, 0.25) is 5.91 Å². The van der Waals surface area contributed by atoms with Gasteiger partial charge in [0.1, 0.15) is 0 Å². The van der Waals surface area contributed by atoms with Crippen molar-refractivity contribution in [2.45, 2.75) is 18.4 Å². The molecule has 0 saturated heterocycles. The van der Waals surface area contributed by atoms with Crippen LogP contribution in [0.5, 0.6) is 0 Å². The van der Waals surface area contributed by atoms with Crippen molar-refractivity contribution in [3.63, 3.8) is 0 Å². The molecule has 2 unspecified atom stereocenters. The number of fused-ring (bicyclic) bond motifs is 1. The van der Waals surface area contributed by atoms with Gasteiger partial charge in [-0.2, -0.15) is 0 Å². The normalized spacial score (nSPS) is 18.5. The summed E-state index contributed by atoms with van der Waals surface area (Å²) in [5.41, 5.74) is 2.56. The summed E-state index contributed by atoms with van der Waals surface area (Å²) in [5, 5.41) is 13.8. The summed E-state index contributed by atoms with van der Waals surface area (Å²) in [7, 11) is 0. The van der Waals surface area contributed by atoms with E-state index in [0.717, 1.165) is 16.8 Å². The molecule has 1 aliphatic rings. The maximum Gasteiger partial charge on any atom is 0.232 e. The van der Waals surface area contributed by atoms with E-state index in [4.69, 9.17) is 11.6 Å². The van der Waals surface area contributed by atoms with Gasteiger partial charge in [-0.1, -0.05) is 41.9 Å². The summed E-state index contributed by atoms with van der Waals surface area (Å²) < 4.78 is 0. The standard InChI is InChI=1S/C16H14ClNO2/c17-11-7-5-10(6-8-11)15(19)9-13-12-3-1-2-4-14(12)18-16(13)20/h1-8,13,15,19H,9H2,(H,18,20). The van der Waals surface area contributed by atoms with E-state index in [1.807, 2.05) is 24.3 Å². The third kappa shape index (κ3) is 2.42. The number of hydrogen-bond donors (Lipinski definition) is 2. The van der Waals surface area contributed by atoms with Gasteiger partial charge in [-0.05, 0) is 35.7 Å². The highest BCUT2D eigenvalue weighted by Crippen LogP contribution is 2.37. The number of nitrogens with one attached hydrogen (secondary N) is 1. The monoisotopic (exact) mass is 287 g/mol. The van der Waals surface area contributed by atoms with Crippen molar-refractivity contribution >= 4 is 23.2 Å². The number of halogens is 1. The maximum absolute atomic E-state index is 12.0. The highest BCUT2D eigenvalue weighted by Gasteiger charge is 2.32. The Morgan fingerprint density at radius 3 is 2.60 bits per heavy atom. The molecule has 2 aromatic carbocycles. The Labute approximate surface area is 122 Å². The van der Waals surface area contributed by atoms with Crippen LogP contribution < -0.4 is 5.32 Å². The number of carbonyl (C=O) groups excluding carboxylic acids is 1. The van der Waals surface area contributed by atoms with Crippen LogP contribution in [0.2, 0.25) is 5.02 Å². The van der Waals surface area contributed by atoms with Gasteiger partial charge in [-0.25, -0.2) is 0 Å². The van der Waals surface area contributed by atoms with E-state index in [9.17, 15) is 9.90 Å². The molecule has 1 amide bonds. The molecule has 0 spiro atoms. The molecule has 2 N–H and O–H groups in total. The third-order valence-corrected chi connectivity index (χ3v) is 3.88. The summed E-state index contributed by atoms with van der Waals surface area (Å²) in [6, 6.07) is 14.6. The second-order valence-electron chi connectivity index (χ2n) is 4.93. The van der Waals surface area contributed by atoms with Gasteiger partial charge >= 0.3 is 0 Å². The van der Waals surface area contributed by atoms with Crippen LogP contribution in [0, 0.1) is 0 Å². The number of hydrogen-bond acceptors (Lipinski definition) is 2. The molecule has 4 heteroatoms. The van der Waals surface area contributed by atoms with Crippen molar-refractivity contribution in [3.05, 3.63) is 64.7 Å². The summed E-state index contributed by atoms with van der Waals surface area (Å²) in [6.07, 6.45) is -0.320. The van der Waals surface area contributed by atoms with Crippen molar-refractivity contribution in [3.8, 4) is 0 Å². The lowest BCUT2D eigenvalue weighted by Gasteiger charge is -2.15. The molecule has 1 heterocycles. The first-order valence-corrected chi connectivity index (χ1v) is 6.86. The summed E-state index contributed by atoms with van der Waals surface area (Å²) in [5.74, 6) is -0.365. The third-order valence-electron chi connectivity index (χ3n) is 3.62. The first-order chi connectivity index (χ1) is 9.65. The molecule has 102 valence electrons. The number of rotatable bonds is 3. The lowest BCUT2D eigenvalue weighted by atomic mass is 9.92. The second kappa shape index (κ2) is 5.27. The lowest BCUT2D eigenvalue weighted by molar-refractivity contribution is -0.117. The highest BCUT2D eigenvalue weighted by atomic mass is 35.5. The molecule has 0 saturated carbocycles. The van der Waals surface area contributed by atoms with Gasteiger partial charge in [0.05, 0.1) is 12.0 Å². The molecular weight excluding hydrogens is 274 g/mol. The fraction of sp³-hybridized carbons (Fsp3) is 0.188. The molecule has 3 rings (SSSR count). The summed E-state index contributed by atoms with van der Waals surface area (Å²) >= 11 is 5.83. The number of aliphatic hydroxyl groups excluding tert-OH is 1. The van der Waals surface area contributed by atoms with Gasteiger partial charge in [-0.3, -0.25) is 4.79 Å². The minimum atomic E-state index is -0.686. The fourth-order valence-electron chi connectivity index (χ4n) is 2.55. The van der Waals surface area contributed by atoms with Gasteiger partial charge < -0.3 is 10.4 Å². The van der Waals surface area contributed by atoms with Crippen LogP contribution in [0.1, 0.15) is 29.6 Å². The quantitative estimate of drug-likeness (QED) is 0.908. The molecule has 3 nitrogen and oxygen atoms in total. The largest absolute Gasteiger partial charge is 0.388 e. The fourth-order valence-corrected chi connectivity index (χ4v) is 2.68. The first kappa shape index (κ1) is 13.2. The Hall–Kier alpha value is -1.84. The van der Waals surface area contributed by atoms with Crippen LogP contribution in [-0.2, 0) is 4.79 Å². The maximum atomic E-state index is 12.0.